The summed E-state index contributed by atoms with van der Waals surface area (Å²) in [4.78, 5) is 10.6. The van der Waals surface area contributed by atoms with Crippen LogP contribution in [0.2, 0.25) is 0 Å². The smallest absolute Gasteiger partial charge is 0.417 e. The van der Waals surface area contributed by atoms with E-state index in [1.165, 1.54) is 6.07 Å². The molecule has 0 aliphatic carbocycles. The van der Waals surface area contributed by atoms with Crippen LogP contribution in [-0.4, -0.2) is 28.8 Å². The van der Waals surface area contributed by atoms with Gasteiger partial charge in [0.2, 0.25) is 0 Å². The highest BCUT2D eigenvalue weighted by atomic mass is 19.4. The van der Waals surface area contributed by atoms with Crippen LogP contribution >= 0.6 is 0 Å². The molecule has 0 saturated heterocycles. The first-order valence-corrected chi connectivity index (χ1v) is 5.01. The molecule has 0 heterocycles. The molecule has 102 valence electrons. The van der Waals surface area contributed by atoms with Crippen LogP contribution in [0.4, 0.5) is 18.9 Å². The molecular weight excluding hydrogens is 265 g/mol. The summed E-state index contributed by atoms with van der Waals surface area (Å²) in [5.41, 5.74) is -1.87. The molecule has 1 aromatic rings. The van der Waals surface area contributed by atoms with E-state index in [4.69, 9.17) is 15.5 Å². The summed E-state index contributed by atoms with van der Waals surface area (Å²) in [5.74, 6) is -1.40. The van der Waals surface area contributed by atoms with E-state index in [1.807, 2.05) is 0 Å². The van der Waals surface area contributed by atoms with Crippen molar-refractivity contribution in [1.29, 1.82) is 5.26 Å². The number of carbonyl (C=O) groups is 1. The number of aliphatic carboxylic acids is 1. The fourth-order valence-corrected chi connectivity index (χ4v) is 1.35. The van der Waals surface area contributed by atoms with Gasteiger partial charge in [-0.25, -0.2) is 4.79 Å². The van der Waals surface area contributed by atoms with E-state index in [0.717, 1.165) is 12.1 Å². The number of aliphatic hydroxyl groups excluding tert-OH is 1. The van der Waals surface area contributed by atoms with Crippen molar-refractivity contribution < 1.29 is 28.2 Å². The highest BCUT2D eigenvalue weighted by molar-refractivity contribution is 5.77. The second-order valence-corrected chi connectivity index (χ2v) is 3.59. The Hall–Kier alpha value is -2.27. The van der Waals surface area contributed by atoms with Crippen molar-refractivity contribution in [2.75, 3.05) is 11.9 Å². The van der Waals surface area contributed by atoms with Crippen molar-refractivity contribution in [3.05, 3.63) is 29.3 Å². The summed E-state index contributed by atoms with van der Waals surface area (Å²) in [6, 6.07) is 2.68. The van der Waals surface area contributed by atoms with Crippen LogP contribution in [-0.2, 0) is 11.0 Å². The summed E-state index contributed by atoms with van der Waals surface area (Å²) in [7, 11) is 0. The summed E-state index contributed by atoms with van der Waals surface area (Å²) in [5, 5.41) is 28.3. The van der Waals surface area contributed by atoms with Gasteiger partial charge in [-0.05, 0) is 18.2 Å². The van der Waals surface area contributed by atoms with Gasteiger partial charge < -0.3 is 15.5 Å². The lowest BCUT2D eigenvalue weighted by atomic mass is 10.1. The fraction of sp³-hybridized carbons (Fsp3) is 0.273. The summed E-state index contributed by atoms with van der Waals surface area (Å²) >= 11 is 0. The van der Waals surface area contributed by atoms with Crippen molar-refractivity contribution in [3.63, 3.8) is 0 Å². The predicted octanol–water partition coefficient (Wildman–Crippen LogP) is 1.43. The first-order chi connectivity index (χ1) is 8.79. The number of alkyl halides is 3. The molecule has 1 rings (SSSR count). The number of nitrogens with one attached hydrogen (secondary N) is 1. The minimum absolute atomic E-state index is 0.146. The zero-order valence-corrected chi connectivity index (χ0v) is 9.40. The maximum atomic E-state index is 12.6. The molecule has 0 bridgehead atoms. The molecule has 0 saturated carbocycles. The van der Waals surface area contributed by atoms with Crippen LogP contribution in [0, 0.1) is 11.3 Å². The molecule has 19 heavy (non-hydrogen) atoms. The Balaban J connectivity index is 3.13. The summed E-state index contributed by atoms with van der Waals surface area (Å²) < 4.78 is 37.9. The van der Waals surface area contributed by atoms with E-state index in [2.05, 4.69) is 5.32 Å². The van der Waals surface area contributed by atoms with E-state index in [-0.39, 0.29) is 5.69 Å². The Morgan fingerprint density at radius 3 is 2.53 bits per heavy atom. The number of aliphatic hydroxyl groups is 1. The standard InChI is InChI=1S/C11H9F3N2O3/c12-11(13,14)8-3-7(2-1-6(8)4-15)16-9(5-17)10(18)19/h1-3,9,16-17H,5H2,(H,18,19)/t9-/m1/s1. The van der Waals surface area contributed by atoms with Crippen LogP contribution in [0.25, 0.3) is 0 Å². The first-order valence-electron chi connectivity index (χ1n) is 5.01. The molecule has 0 aromatic heterocycles. The number of anilines is 1. The third kappa shape index (κ3) is 3.59. The van der Waals surface area contributed by atoms with Crippen LogP contribution in [0.1, 0.15) is 11.1 Å². The molecule has 1 aromatic carbocycles. The lowest BCUT2D eigenvalue weighted by Gasteiger charge is -2.15. The monoisotopic (exact) mass is 274 g/mol. The zero-order valence-electron chi connectivity index (χ0n) is 9.40. The van der Waals surface area contributed by atoms with Gasteiger partial charge in [0.1, 0.15) is 6.04 Å². The van der Waals surface area contributed by atoms with Gasteiger partial charge in [0.05, 0.1) is 23.8 Å². The van der Waals surface area contributed by atoms with E-state index in [0.29, 0.717) is 6.07 Å². The van der Waals surface area contributed by atoms with Crippen molar-refractivity contribution in [3.8, 4) is 6.07 Å². The molecule has 0 fully saturated rings. The average Bonchev–Trinajstić information content (AvgIpc) is 2.34. The maximum absolute atomic E-state index is 12.6. The molecule has 0 aliphatic heterocycles. The molecule has 3 N–H and O–H groups in total. The number of halogens is 3. The van der Waals surface area contributed by atoms with E-state index in [1.54, 1.807) is 0 Å². The summed E-state index contributed by atoms with van der Waals surface area (Å²) in [6.45, 7) is -0.781. The average molecular weight is 274 g/mol. The molecule has 0 aliphatic rings. The zero-order chi connectivity index (χ0) is 14.6. The largest absolute Gasteiger partial charge is 0.480 e. The summed E-state index contributed by atoms with van der Waals surface area (Å²) in [6.07, 6.45) is -4.72. The van der Waals surface area contributed by atoms with Gasteiger partial charge in [-0.15, -0.1) is 0 Å². The predicted molar refractivity (Wildman–Crippen MR) is 58.3 cm³/mol. The van der Waals surface area contributed by atoms with E-state index < -0.39 is 35.9 Å². The first kappa shape index (κ1) is 14.8. The van der Waals surface area contributed by atoms with E-state index in [9.17, 15) is 18.0 Å². The van der Waals surface area contributed by atoms with Gasteiger partial charge >= 0.3 is 12.1 Å². The van der Waals surface area contributed by atoms with Gasteiger partial charge in [-0.1, -0.05) is 0 Å². The highest BCUT2D eigenvalue weighted by Crippen LogP contribution is 2.33. The molecule has 0 amide bonds. The Morgan fingerprint density at radius 2 is 2.11 bits per heavy atom. The van der Waals surface area contributed by atoms with Crippen LogP contribution in [0.5, 0.6) is 0 Å². The third-order valence-electron chi connectivity index (χ3n) is 2.27. The molecule has 8 heteroatoms. The highest BCUT2D eigenvalue weighted by Gasteiger charge is 2.34. The molecule has 5 nitrogen and oxygen atoms in total. The van der Waals surface area contributed by atoms with Crippen molar-refractivity contribution in [2.45, 2.75) is 12.2 Å². The lowest BCUT2D eigenvalue weighted by Crippen LogP contribution is -2.32. The second kappa shape index (κ2) is 5.58. The maximum Gasteiger partial charge on any atom is 0.417 e. The number of benzene rings is 1. The Kier molecular flexibility index (Phi) is 4.34. The van der Waals surface area contributed by atoms with Crippen LogP contribution in [0.15, 0.2) is 18.2 Å². The lowest BCUT2D eigenvalue weighted by molar-refractivity contribution is -0.139. The second-order valence-electron chi connectivity index (χ2n) is 3.59. The number of hydrogen-bond acceptors (Lipinski definition) is 4. The Bertz CT molecular complexity index is 523. The quantitative estimate of drug-likeness (QED) is 0.772. The Morgan fingerprint density at radius 1 is 1.47 bits per heavy atom. The number of hydrogen-bond donors (Lipinski definition) is 3. The number of nitriles is 1. The SMILES string of the molecule is N#Cc1ccc(N[C@H](CO)C(=O)O)cc1C(F)(F)F. The molecule has 0 unspecified atom stereocenters. The van der Waals surface area contributed by atoms with Gasteiger partial charge in [-0.3, -0.25) is 0 Å². The van der Waals surface area contributed by atoms with Crippen molar-refractivity contribution >= 4 is 11.7 Å². The molecule has 1 atom stereocenters. The number of rotatable bonds is 4. The topological polar surface area (TPSA) is 93.4 Å². The number of carboxylic acid groups (broad SMARTS) is 1. The van der Waals surface area contributed by atoms with Crippen LogP contribution < -0.4 is 5.32 Å². The van der Waals surface area contributed by atoms with Gasteiger partial charge in [-0.2, -0.15) is 18.4 Å². The fourth-order valence-electron chi connectivity index (χ4n) is 1.35. The Labute approximate surface area is 105 Å². The normalized spacial score (nSPS) is 12.6. The van der Waals surface area contributed by atoms with E-state index >= 15 is 0 Å². The number of nitrogens with zero attached hydrogens (tertiary/aromatic N) is 1. The van der Waals surface area contributed by atoms with Gasteiger partial charge in [0.25, 0.3) is 0 Å². The van der Waals surface area contributed by atoms with Gasteiger partial charge in [0.15, 0.2) is 0 Å². The number of carboxylic acids is 1. The van der Waals surface area contributed by atoms with Gasteiger partial charge in [0, 0.05) is 5.69 Å². The van der Waals surface area contributed by atoms with Crippen LogP contribution in [0.3, 0.4) is 0 Å². The van der Waals surface area contributed by atoms with Crippen molar-refractivity contribution in [2.24, 2.45) is 0 Å². The third-order valence-corrected chi connectivity index (χ3v) is 2.27. The minimum Gasteiger partial charge on any atom is -0.480 e. The molecular formula is C11H9F3N2O3. The molecule has 0 spiro atoms. The molecule has 0 radical (unpaired) electrons. The van der Waals surface area contributed by atoms with Crippen molar-refractivity contribution in [1.82, 2.24) is 0 Å². The minimum atomic E-state index is -4.72.